The number of nitrogens with one attached hydrogen (secondary N) is 1. The van der Waals surface area contributed by atoms with E-state index in [-0.39, 0.29) is 6.54 Å². The summed E-state index contributed by atoms with van der Waals surface area (Å²) < 4.78 is 38.6. The second-order valence-electron chi connectivity index (χ2n) is 7.53. The summed E-state index contributed by atoms with van der Waals surface area (Å²) in [4.78, 5) is 28.2. The van der Waals surface area contributed by atoms with Crippen LogP contribution in [0.1, 0.15) is 29.2 Å². The zero-order valence-electron chi connectivity index (χ0n) is 17.0. The number of benzene rings is 1. The van der Waals surface area contributed by atoms with Gasteiger partial charge in [0.2, 0.25) is 0 Å². The van der Waals surface area contributed by atoms with Crippen molar-refractivity contribution in [3.05, 3.63) is 52.3 Å². The molecule has 0 spiro atoms. The molecule has 32 heavy (non-hydrogen) atoms. The molecule has 11 heteroatoms. The Morgan fingerprint density at radius 1 is 1.28 bits per heavy atom. The third-order valence-corrected chi connectivity index (χ3v) is 5.85. The first kappa shape index (κ1) is 23.8. The molecule has 0 radical (unpaired) electrons. The molecule has 2 aromatic rings. The van der Waals surface area contributed by atoms with Gasteiger partial charge in [-0.05, 0) is 42.3 Å². The highest BCUT2D eigenvalue weighted by atomic mass is 35.5. The predicted octanol–water partition coefficient (Wildman–Crippen LogP) is 3.93. The van der Waals surface area contributed by atoms with Crippen molar-refractivity contribution in [1.82, 2.24) is 10.3 Å². The lowest BCUT2D eigenvalue weighted by Crippen LogP contribution is -2.31. The number of fused-ring (bicyclic) bond motifs is 1. The summed E-state index contributed by atoms with van der Waals surface area (Å²) >= 11 is 6.46. The van der Waals surface area contributed by atoms with E-state index in [0.29, 0.717) is 40.5 Å². The Bertz CT molecular complexity index is 1010. The molecule has 2 unspecified atom stereocenters. The van der Waals surface area contributed by atoms with Crippen molar-refractivity contribution in [3.8, 4) is 0 Å². The molecule has 1 aliphatic heterocycles. The molecule has 172 valence electrons. The molecule has 7 nitrogen and oxygen atoms in total. The minimum Gasteiger partial charge on any atom is -0.481 e. The minimum atomic E-state index is -4.56. The van der Waals surface area contributed by atoms with E-state index in [1.165, 1.54) is 6.07 Å². The van der Waals surface area contributed by atoms with E-state index >= 15 is 0 Å². The van der Waals surface area contributed by atoms with Crippen LogP contribution in [-0.2, 0) is 22.2 Å². The van der Waals surface area contributed by atoms with E-state index < -0.39 is 42.1 Å². The number of anilines is 2. The quantitative estimate of drug-likeness (QED) is 0.586. The van der Waals surface area contributed by atoms with Gasteiger partial charge in [-0.15, -0.1) is 0 Å². The van der Waals surface area contributed by atoms with Crippen LogP contribution in [0, 0.1) is 5.92 Å². The molecule has 0 fully saturated rings. The monoisotopic (exact) mass is 471 g/mol. The number of hydrogen-bond donors (Lipinski definition) is 3. The minimum absolute atomic E-state index is 0.268. The van der Waals surface area contributed by atoms with Crippen molar-refractivity contribution in [1.29, 1.82) is 0 Å². The largest absolute Gasteiger partial charge is 0.481 e. The SMILES string of the molecule is CN(c1ccc(C(F)(F)F)nc1)c1c(Cl)ccc2c1CCNCC2C(CC(=O)O)C(=O)O. The van der Waals surface area contributed by atoms with Crippen molar-refractivity contribution in [3.63, 3.8) is 0 Å². The summed E-state index contributed by atoms with van der Waals surface area (Å²) in [7, 11) is 1.63. The van der Waals surface area contributed by atoms with Crippen molar-refractivity contribution in [2.75, 3.05) is 25.0 Å². The number of nitrogens with zero attached hydrogens (tertiary/aromatic N) is 2. The van der Waals surface area contributed by atoms with Gasteiger partial charge in [-0.3, -0.25) is 9.59 Å². The van der Waals surface area contributed by atoms with Gasteiger partial charge in [0.1, 0.15) is 5.69 Å². The van der Waals surface area contributed by atoms with Gasteiger partial charge in [-0.25, -0.2) is 4.98 Å². The summed E-state index contributed by atoms with van der Waals surface area (Å²) in [6, 6.07) is 5.43. The Hall–Kier alpha value is -2.85. The summed E-state index contributed by atoms with van der Waals surface area (Å²) in [6.45, 7) is 0.763. The number of rotatable bonds is 6. The number of carboxylic acids is 2. The van der Waals surface area contributed by atoms with Crippen LogP contribution < -0.4 is 10.2 Å². The van der Waals surface area contributed by atoms with Crippen LogP contribution in [0.2, 0.25) is 5.02 Å². The molecule has 2 atom stereocenters. The Labute approximate surface area is 186 Å². The maximum Gasteiger partial charge on any atom is 0.433 e. The molecule has 3 N–H and O–H groups in total. The van der Waals surface area contributed by atoms with Gasteiger partial charge in [0, 0.05) is 19.5 Å². The highest BCUT2D eigenvalue weighted by Gasteiger charge is 2.35. The molecule has 0 amide bonds. The molecular formula is C21H21ClF3N3O4. The fourth-order valence-corrected chi connectivity index (χ4v) is 4.31. The first-order valence-electron chi connectivity index (χ1n) is 9.74. The second-order valence-corrected chi connectivity index (χ2v) is 7.93. The van der Waals surface area contributed by atoms with Crippen LogP contribution in [0.15, 0.2) is 30.5 Å². The normalized spacial score (nSPS) is 17.2. The van der Waals surface area contributed by atoms with E-state index in [4.69, 9.17) is 11.6 Å². The van der Waals surface area contributed by atoms with E-state index in [9.17, 15) is 33.0 Å². The third-order valence-electron chi connectivity index (χ3n) is 5.54. The molecule has 1 aromatic carbocycles. The maximum atomic E-state index is 12.9. The van der Waals surface area contributed by atoms with Gasteiger partial charge in [0.15, 0.2) is 0 Å². The number of carbonyl (C=O) groups is 2. The Morgan fingerprint density at radius 2 is 2.00 bits per heavy atom. The van der Waals surface area contributed by atoms with E-state index in [1.54, 1.807) is 24.1 Å². The lowest BCUT2D eigenvalue weighted by atomic mass is 9.81. The van der Waals surface area contributed by atoms with Crippen molar-refractivity contribution < 1.29 is 33.0 Å². The van der Waals surface area contributed by atoms with Crippen molar-refractivity contribution in [2.45, 2.75) is 24.9 Å². The zero-order chi connectivity index (χ0) is 23.6. The van der Waals surface area contributed by atoms with Crippen LogP contribution in [0.3, 0.4) is 0 Å². The smallest absolute Gasteiger partial charge is 0.433 e. The molecule has 0 saturated carbocycles. The van der Waals surface area contributed by atoms with Crippen LogP contribution in [-0.4, -0.2) is 47.3 Å². The van der Waals surface area contributed by atoms with Gasteiger partial charge in [0.25, 0.3) is 0 Å². The topological polar surface area (TPSA) is 103 Å². The number of hydrogen-bond acceptors (Lipinski definition) is 5. The number of carboxylic acid groups (broad SMARTS) is 2. The molecule has 1 aromatic heterocycles. The van der Waals surface area contributed by atoms with Gasteiger partial charge in [-0.1, -0.05) is 17.7 Å². The number of aromatic nitrogens is 1. The molecule has 0 saturated heterocycles. The van der Waals surface area contributed by atoms with Gasteiger partial charge >= 0.3 is 18.1 Å². The van der Waals surface area contributed by atoms with Crippen molar-refractivity contribution in [2.24, 2.45) is 5.92 Å². The predicted molar refractivity (Wildman–Crippen MR) is 111 cm³/mol. The van der Waals surface area contributed by atoms with Crippen LogP contribution >= 0.6 is 11.6 Å². The third kappa shape index (κ3) is 4.97. The Morgan fingerprint density at radius 3 is 2.56 bits per heavy atom. The lowest BCUT2D eigenvalue weighted by molar-refractivity contribution is -0.149. The highest BCUT2D eigenvalue weighted by molar-refractivity contribution is 6.33. The average molecular weight is 472 g/mol. The number of halogens is 4. The molecule has 0 aliphatic carbocycles. The summed E-state index contributed by atoms with van der Waals surface area (Å²) in [5, 5.41) is 22.3. The standard InChI is InChI=1S/C21H21ClF3N3O4/c1-28(11-2-5-17(27-9-11)21(23,24)25)19-13-6-7-26-10-15(12(13)3-4-16(19)22)14(20(31)32)8-18(29)30/h2-5,9,14-15,26H,6-8,10H2,1H3,(H,29,30)(H,31,32). The Kier molecular flexibility index (Phi) is 6.94. The van der Waals surface area contributed by atoms with E-state index in [2.05, 4.69) is 10.3 Å². The molecular weight excluding hydrogens is 451 g/mol. The Balaban J connectivity index is 2.07. The maximum absolute atomic E-state index is 12.9. The van der Waals surface area contributed by atoms with Crippen LogP contribution in [0.4, 0.5) is 24.5 Å². The first-order valence-corrected chi connectivity index (χ1v) is 10.1. The van der Waals surface area contributed by atoms with Crippen LogP contribution in [0.25, 0.3) is 0 Å². The lowest BCUT2D eigenvalue weighted by Gasteiger charge is -2.28. The summed E-state index contributed by atoms with van der Waals surface area (Å²) in [5.41, 5.74) is 1.22. The second kappa shape index (κ2) is 9.33. The summed E-state index contributed by atoms with van der Waals surface area (Å²) in [5.74, 6) is -4.23. The molecule has 3 rings (SSSR count). The van der Waals surface area contributed by atoms with Gasteiger partial charge in [-0.2, -0.15) is 13.2 Å². The fraction of sp³-hybridized carbons (Fsp3) is 0.381. The molecule has 2 heterocycles. The molecule has 0 bridgehead atoms. The van der Waals surface area contributed by atoms with E-state index in [0.717, 1.165) is 12.3 Å². The highest BCUT2D eigenvalue weighted by Crippen LogP contribution is 2.41. The zero-order valence-corrected chi connectivity index (χ0v) is 17.7. The van der Waals surface area contributed by atoms with Gasteiger partial charge < -0.3 is 20.4 Å². The summed E-state index contributed by atoms with van der Waals surface area (Å²) in [6.07, 6.45) is -3.54. The molecule has 1 aliphatic rings. The first-order chi connectivity index (χ1) is 15.0. The van der Waals surface area contributed by atoms with Crippen LogP contribution in [0.5, 0.6) is 0 Å². The number of pyridine rings is 1. The van der Waals surface area contributed by atoms with Crippen molar-refractivity contribution >= 4 is 34.9 Å². The number of aliphatic carboxylic acids is 2. The van der Waals surface area contributed by atoms with Gasteiger partial charge in [0.05, 0.1) is 34.9 Å². The van der Waals surface area contributed by atoms with E-state index in [1.807, 2.05) is 0 Å². The number of alkyl halides is 3. The average Bonchev–Trinajstić information content (AvgIpc) is 2.93. The fourth-order valence-electron chi connectivity index (χ4n) is 4.01.